The molecule has 0 saturated heterocycles. The van der Waals surface area contributed by atoms with Crippen LogP contribution in [0.3, 0.4) is 0 Å². The first-order chi connectivity index (χ1) is 13.8. The van der Waals surface area contributed by atoms with Crippen LogP contribution in [-0.2, 0) is 5.41 Å². The van der Waals surface area contributed by atoms with E-state index in [-0.39, 0.29) is 11.6 Å². The SMILES string of the molecule is CCC1(CC)C=CC2N(c3ccccc3)c3cncnc3N2c2ccccc21. The highest BCUT2D eigenvalue weighted by molar-refractivity contribution is 5.87. The minimum Gasteiger partial charge on any atom is -0.312 e. The zero-order chi connectivity index (χ0) is 19.1. The Hall–Kier alpha value is -3.14. The van der Waals surface area contributed by atoms with Crippen LogP contribution in [-0.4, -0.2) is 16.1 Å². The van der Waals surface area contributed by atoms with Crippen LogP contribution in [0.4, 0.5) is 22.9 Å². The largest absolute Gasteiger partial charge is 0.312 e. The molecule has 3 heterocycles. The first-order valence-corrected chi connectivity index (χ1v) is 10.0. The Kier molecular flexibility index (Phi) is 3.93. The van der Waals surface area contributed by atoms with Gasteiger partial charge in [0, 0.05) is 16.8 Å². The van der Waals surface area contributed by atoms with Gasteiger partial charge in [0.25, 0.3) is 0 Å². The number of hydrogen-bond donors (Lipinski definition) is 0. The van der Waals surface area contributed by atoms with Crippen molar-refractivity contribution in [2.75, 3.05) is 9.80 Å². The molecule has 0 amide bonds. The molecule has 1 aromatic heterocycles. The molecule has 0 aliphatic carbocycles. The molecule has 140 valence electrons. The first-order valence-electron chi connectivity index (χ1n) is 10.0. The summed E-state index contributed by atoms with van der Waals surface area (Å²) in [6, 6.07) is 19.3. The summed E-state index contributed by atoms with van der Waals surface area (Å²) in [7, 11) is 0. The maximum Gasteiger partial charge on any atom is 0.162 e. The second-order valence-electron chi connectivity index (χ2n) is 7.46. The van der Waals surface area contributed by atoms with Gasteiger partial charge in [0.15, 0.2) is 5.82 Å². The highest BCUT2D eigenvalue weighted by atomic mass is 15.4. The number of anilines is 4. The molecule has 2 aliphatic rings. The molecule has 3 aromatic rings. The van der Waals surface area contributed by atoms with Gasteiger partial charge >= 0.3 is 0 Å². The second kappa shape index (κ2) is 6.48. The summed E-state index contributed by atoms with van der Waals surface area (Å²) in [5.74, 6) is 0.962. The van der Waals surface area contributed by atoms with Gasteiger partial charge in [-0.15, -0.1) is 0 Å². The van der Waals surface area contributed by atoms with E-state index in [1.165, 1.54) is 11.3 Å². The first kappa shape index (κ1) is 17.0. The van der Waals surface area contributed by atoms with E-state index in [2.05, 4.69) is 95.4 Å². The Morgan fingerprint density at radius 1 is 0.893 bits per heavy atom. The molecular formula is C24H24N4. The van der Waals surface area contributed by atoms with E-state index in [9.17, 15) is 0 Å². The van der Waals surface area contributed by atoms with E-state index in [0.29, 0.717) is 0 Å². The van der Waals surface area contributed by atoms with Gasteiger partial charge in [-0.2, -0.15) is 0 Å². The third-order valence-corrected chi connectivity index (χ3v) is 6.27. The van der Waals surface area contributed by atoms with Crippen LogP contribution >= 0.6 is 0 Å². The Morgan fingerprint density at radius 2 is 1.64 bits per heavy atom. The smallest absolute Gasteiger partial charge is 0.162 e. The Bertz CT molecular complexity index is 1020. The average Bonchev–Trinajstić information content (AvgIpc) is 3.02. The van der Waals surface area contributed by atoms with Crippen LogP contribution in [0.25, 0.3) is 0 Å². The third-order valence-electron chi connectivity index (χ3n) is 6.27. The molecule has 0 N–H and O–H groups in total. The van der Waals surface area contributed by atoms with Gasteiger partial charge in [0.05, 0.1) is 6.20 Å². The van der Waals surface area contributed by atoms with Crippen LogP contribution in [0.1, 0.15) is 32.3 Å². The number of nitrogens with zero attached hydrogens (tertiary/aromatic N) is 4. The summed E-state index contributed by atoms with van der Waals surface area (Å²) in [5, 5.41) is 0. The lowest BCUT2D eigenvalue weighted by Crippen LogP contribution is -2.36. The minimum absolute atomic E-state index is 0.0372. The van der Waals surface area contributed by atoms with Crippen LogP contribution in [0, 0.1) is 0 Å². The summed E-state index contributed by atoms with van der Waals surface area (Å²) in [6.07, 6.45) is 10.5. The van der Waals surface area contributed by atoms with Crippen LogP contribution in [0.5, 0.6) is 0 Å². The molecule has 0 spiro atoms. The van der Waals surface area contributed by atoms with Crippen molar-refractivity contribution in [1.29, 1.82) is 0 Å². The van der Waals surface area contributed by atoms with Crippen molar-refractivity contribution in [3.63, 3.8) is 0 Å². The van der Waals surface area contributed by atoms with E-state index in [1.807, 2.05) is 6.20 Å². The van der Waals surface area contributed by atoms with Gasteiger partial charge in [0.1, 0.15) is 18.2 Å². The summed E-state index contributed by atoms with van der Waals surface area (Å²) >= 11 is 0. The summed E-state index contributed by atoms with van der Waals surface area (Å²) in [4.78, 5) is 13.7. The van der Waals surface area contributed by atoms with E-state index in [1.54, 1.807) is 6.33 Å². The predicted octanol–water partition coefficient (Wildman–Crippen LogP) is 5.72. The van der Waals surface area contributed by atoms with Crippen molar-refractivity contribution < 1.29 is 0 Å². The normalized spacial score (nSPS) is 19.0. The molecular weight excluding hydrogens is 344 g/mol. The monoisotopic (exact) mass is 368 g/mol. The van der Waals surface area contributed by atoms with Crippen molar-refractivity contribution in [2.45, 2.75) is 38.3 Å². The van der Waals surface area contributed by atoms with Gasteiger partial charge in [-0.1, -0.05) is 56.3 Å². The maximum absolute atomic E-state index is 4.70. The standard InChI is InChI=1S/C24H24N4/c1-3-24(4-2)15-14-22-27(18-10-6-5-7-11-18)21-16-25-17-26-23(21)28(22)20-13-9-8-12-19(20)24/h5-17,22H,3-4H2,1-2H3. The number of hydrogen-bond acceptors (Lipinski definition) is 4. The van der Waals surface area contributed by atoms with Gasteiger partial charge < -0.3 is 4.90 Å². The number of rotatable bonds is 3. The molecule has 28 heavy (non-hydrogen) atoms. The lowest BCUT2D eigenvalue weighted by molar-refractivity contribution is 0.499. The van der Waals surface area contributed by atoms with Gasteiger partial charge in [0.2, 0.25) is 0 Å². The quantitative estimate of drug-likeness (QED) is 0.554. The number of aromatic nitrogens is 2. The topological polar surface area (TPSA) is 32.3 Å². The molecule has 0 fully saturated rings. The molecule has 5 rings (SSSR count). The van der Waals surface area contributed by atoms with Crippen LogP contribution < -0.4 is 9.80 Å². The highest BCUT2D eigenvalue weighted by Crippen LogP contribution is 2.51. The van der Waals surface area contributed by atoms with Crippen molar-refractivity contribution in [1.82, 2.24) is 9.97 Å². The van der Waals surface area contributed by atoms with E-state index in [0.717, 1.165) is 30.0 Å². The minimum atomic E-state index is 0.0372. The number of allylic oxidation sites excluding steroid dienone is 1. The fraction of sp³-hybridized carbons (Fsp3) is 0.250. The van der Waals surface area contributed by atoms with Crippen LogP contribution in [0.2, 0.25) is 0 Å². The fourth-order valence-corrected chi connectivity index (χ4v) is 4.70. The second-order valence-corrected chi connectivity index (χ2v) is 7.46. The van der Waals surface area contributed by atoms with Gasteiger partial charge in [-0.3, -0.25) is 4.90 Å². The Balaban J connectivity index is 1.78. The van der Waals surface area contributed by atoms with Crippen molar-refractivity contribution in [3.8, 4) is 0 Å². The lowest BCUT2D eigenvalue weighted by Gasteiger charge is -2.32. The molecule has 1 atom stereocenters. The molecule has 0 radical (unpaired) electrons. The van der Waals surface area contributed by atoms with Crippen molar-refractivity contribution in [3.05, 3.63) is 84.8 Å². The van der Waals surface area contributed by atoms with E-state index >= 15 is 0 Å². The average molecular weight is 368 g/mol. The summed E-state index contributed by atoms with van der Waals surface area (Å²) in [6.45, 7) is 4.57. The fourth-order valence-electron chi connectivity index (χ4n) is 4.70. The molecule has 2 aliphatic heterocycles. The number of fused-ring (bicyclic) bond motifs is 5. The lowest BCUT2D eigenvalue weighted by atomic mass is 9.75. The Morgan fingerprint density at radius 3 is 2.43 bits per heavy atom. The maximum atomic E-state index is 4.70. The number of benzene rings is 2. The van der Waals surface area contributed by atoms with E-state index < -0.39 is 0 Å². The van der Waals surface area contributed by atoms with Crippen molar-refractivity contribution >= 4 is 22.9 Å². The zero-order valence-electron chi connectivity index (χ0n) is 16.3. The molecule has 4 nitrogen and oxygen atoms in total. The molecule has 0 saturated carbocycles. The van der Waals surface area contributed by atoms with Gasteiger partial charge in [-0.25, -0.2) is 9.97 Å². The third kappa shape index (κ3) is 2.30. The molecule has 4 heteroatoms. The molecule has 1 unspecified atom stereocenters. The molecule has 2 aromatic carbocycles. The van der Waals surface area contributed by atoms with Crippen LogP contribution in [0.15, 0.2) is 79.3 Å². The Labute approximate surface area is 166 Å². The predicted molar refractivity (Wildman–Crippen MR) is 114 cm³/mol. The van der Waals surface area contributed by atoms with Gasteiger partial charge in [-0.05, 0) is 42.7 Å². The highest BCUT2D eigenvalue weighted by Gasteiger charge is 2.43. The number of para-hydroxylation sites is 2. The van der Waals surface area contributed by atoms with E-state index in [4.69, 9.17) is 4.98 Å². The van der Waals surface area contributed by atoms with Crippen molar-refractivity contribution in [2.24, 2.45) is 0 Å². The summed E-state index contributed by atoms with van der Waals surface area (Å²) < 4.78 is 0. The molecule has 0 bridgehead atoms. The zero-order valence-corrected chi connectivity index (χ0v) is 16.3. The summed E-state index contributed by atoms with van der Waals surface area (Å²) in [5.41, 5.74) is 4.83.